The first kappa shape index (κ1) is 15.3. The normalized spacial score (nSPS) is 10.7. The van der Waals surface area contributed by atoms with E-state index in [1.807, 2.05) is 24.3 Å². The number of ketones is 1. The lowest BCUT2D eigenvalue weighted by Gasteiger charge is -2.05. The molecule has 4 nitrogen and oxygen atoms in total. The molecule has 0 aliphatic heterocycles. The van der Waals surface area contributed by atoms with Crippen LogP contribution in [0.5, 0.6) is 0 Å². The van der Waals surface area contributed by atoms with E-state index in [0.717, 1.165) is 16.5 Å². The SMILES string of the molecule is CC(=O)NCc1c(C(=O)c2ccccc2)[nH]c2cc(Cl)ccc12. The second-order valence-electron chi connectivity index (χ2n) is 5.27. The zero-order valence-corrected chi connectivity index (χ0v) is 13.3. The average Bonchev–Trinajstić information content (AvgIpc) is 2.90. The fraction of sp³-hybridized carbons (Fsp3) is 0.111. The van der Waals surface area contributed by atoms with Crippen molar-refractivity contribution < 1.29 is 9.59 Å². The first-order chi connectivity index (χ1) is 11.1. The first-order valence-corrected chi connectivity index (χ1v) is 7.58. The number of fused-ring (bicyclic) bond motifs is 1. The first-order valence-electron chi connectivity index (χ1n) is 7.20. The molecule has 3 rings (SSSR count). The molecule has 0 atom stereocenters. The van der Waals surface area contributed by atoms with Gasteiger partial charge in [-0.05, 0) is 12.1 Å². The molecule has 0 aliphatic rings. The lowest BCUT2D eigenvalue weighted by atomic mass is 10.0. The van der Waals surface area contributed by atoms with Crippen molar-refractivity contribution in [3.05, 3.63) is 70.4 Å². The highest BCUT2D eigenvalue weighted by Gasteiger charge is 2.19. The Labute approximate surface area is 138 Å². The van der Waals surface area contributed by atoms with Gasteiger partial charge in [0.05, 0.1) is 5.69 Å². The molecule has 2 aromatic carbocycles. The average molecular weight is 327 g/mol. The smallest absolute Gasteiger partial charge is 0.217 e. The highest BCUT2D eigenvalue weighted by Crippen LogP contribution is 2.27. The highest BCUT2D eigenvalue weighted by molar-refractivity contribution is 6.31. The van der Waals surface area contributed by atoms with E-state index in [0.29, 0.717) is 16.3 Å². The fourth-order valence-electron chi connectivity index (χ4n) is 2.55. The number of carbonyl (C=O) groups excluding carboxylic acids is 2. The topological polar surface area (TPSA) is 62.0 Å². The number of halogens is 1. The molecule has 0 fully saturated rings. The number of benzene rings is 2. The Hall–Kier alpha value is -2.59. The summed E-state index contributed by atoms with van der Waals surface area (Å²) < 4.78 is 0. The summed E-state index contributed by atoms with van der Waals surface area (Å²) in [5.41, 5.74) is 2.61. The molecule has 2 N–H and O–H groups in total. The number of carbonyl (C=O) groups is 2. The Bertz CT molecular complexity index is 885. The quantitative estimate of drug-likeness (QED) is 0.718. The second-order valence-corrected chi connectivity index (χ2v) is 5.71. The molecule has 1 aromatic heterocycles. The Kier molecular flexibility index (Phi) is 4.17. The van der Waals surface area contributed by atoms with Gasteiger partial charge in [-0.1, -0.05) is 48.0 Å². The number of aromatic nitrogens is 1. The van der Waals surface area contributed by atoms with Crippen LogP contribution in [0.4, 0.5) is 0 Å². The van der Waals surface area contributed by atoms with Crippen LogP contribution in [0.15, 0.2) is 48.5 Å². The number of aromatic amines is 1. The van der Waals surface area contributed by atoms with Gasteiger partial charge in [-0.25, -0.2) is 0 Å². The van der Waals surface area contributed by atoms with Crippen LogP contribution in [0, 0.1) is 0 Å². The minimum absolute atomic E-state index is 0.113. The van der Waals surface area contributed by atoms with E-state index in [-0.39, 0.29) is 18.2 Å². The van der Waals surface area contributed by atoms with Gasteiger partial charge in [0.2, 0.25) is 11.7 Å². The van der Waals surface area contributed by atoms with E-state index in [2.05, 4.69) is 10.3 Å². The van der Waals surface area contributed by atoms with Crippen molar-refractivity contribution >= 4 is 34.2 Å². The Morgan fingerprint density at radius 3 is 2.57 bits per heavy atom. The van der Waals surface area contributed by atoms with Gasteiger partial charge < -0.3 is 10.3 Å². The Balaban J connectivity index is 2.12. The maximum absolute atomic E-state index is 12.8. The van der Waals surface area contributed by atoms with E-state index in [1.54, 1.807) is 24.3 Å². The van der Waals surface area contributed by atoms with E-state index in [4.69, 9.17) is 11.6 Å². The molecule has 23 heavy (non-hydrogen) atoms. The summed E-state index contributed by atoms with van der Waals surface area (Å²) in [7, 11) is 0. The maximum Gasteiger partial charge on any atom is 0.217 e. The predicted octanol–water partition coefficient (Wildman–Crippen LogP) is 3.69. The number of hydrogen-bond donors (Lipinski definition) is 2. The summed E-state index contributed by atoms with van der Waals surface area (Å²) in [6.07, 6.45) is 0. The lowest BCUT2D eigenvalue weighted by Crippen LogP contribution is -2.20. The zero-order chi connectivity index (χ0) is 16.4. The summed E-state index contributed by atoms with van der Waals surface area (Å²) in [6.45, 7) is 1.73. The molecule has 5 heteroatoms. The van der Waals surface area contributed by atoms with Crippen LogP contribution >= 0.6 is 11.6 Å². The van der Waals surface area contributed by atoms with Crippen molar-refractivity contribution in [2.24, 2.45) is 0 Å². The summed E-state index contributed by atoms with van der Waals surface area (Å²) >= 11 is 6.03. The monoisotopic (exact) mass is 326 g/mol. The number of hydrogen-bond acceptors (Lipinski definition) is 2. The van der Waals surface area contributed by atoms with Crippen molar-refractivity contribution in [1.29, 1.82) is 0 Å². The van der Waals surface area contributed by atoms with Gasteiger partial charge in [0.25, 0.3) is 0 Å². The fourth-order valence-corrected chi connectivity index (χ4v) is 2.72. The van der Waals surface area contributed by atoms with Crippen LogP contribution in [0.2, 0.25) is 5.02 Å². The molecule has 3 aromatic rings. The number of rotatable bonds is 4. The molecule has 0 saturated carbocycles. The van der Waals surface area contributed by atoms with Crippen molar-refractivity contribution in [1.82, 2.24) is 10.3 Å². The third kappa shape index (κ3) is 3.12. The van der Waals surface area contributed by atoms with Crippen LogP contribution in [0.3, 0.4) is 0 Å². The molecule has 0 saturated heterocycles. The minimum atomic E-state index is -0.147. The van der Waals surface area contributed by atoms with Crippen LogP contribution in [-0.2, 0) is 11.3 Å². The highest BCUT2D eigenvalue weighted by atomic mass is 35.5. The summed E-state index contributed by atoms with van der Waals surface area (Å²) in [4.78, 5) is 27.2. The number of H-pyrrole nitrogens is 1. The lowest BCUT2D eigenvalue weighted by molar-refractivity contribution is -0.119. The summed E-state index contributed by atoms with van der Waals surface area (Å²) in [5.74, 6) is -0.260. The summed E-state index contributed by atoms with van der Waals surface area (Å²) in [6, 6.07) is 14.4. The molecule has 1 heterocycles. The van der Waals surface area contributed by atoms with Gasteiger partial charge in [-0.3, -0.25) is 9.59 Å². The van der Waals surface area contributed by atoms with Crippen LogP contribution in [0.1, 0.15) is 28.5 Å². The molecule has 0 bridgehead atoms. The Morgan fingerprint density at radius 1 is 1.13 bits per heavy atom. The van der Waals surface area contributed by atoms with Gasteiger partial charge in [0, 0.05) is 40.5 Å². The van der Waals surface area contributed by atoms with Crippen molar-refractivity contribution in [2.75, 3.05) is 0 Å². The zero-order valence-electron chi connectivity index (χ0n) is 12.5. The van der Waals surface area contributed by atoms with Crippen LogP contribution in [0.25, 0.3) is 10.9 Å². The molecular formula is C18H15ClN2O2. The molecule has 0 aliphatic carbocycles. The van der Waals surface area contributed by atoms with E-state index >= 15 is 0 Å². The van der Waals surface area contributed by atoms with Crippen LogP contribution < -0.4 is 5.32 Å². The second kappa shape index (κ2) is 6.26. The Morgan fingerprint density at radius 2 is 1.87 bits per heavy atom. The largest absolute Gasteiger partial charge is 0.352 e. The maximum atomic E-state index is 12.8. The van der Waals surface area contributed by atoms with Gasteiger partial charge in [-0.15, -0.1) is 0 Å². The van der Waals surface area contributed by atoms with Crippen molar-refractivity contribution in [3.63, 3.8) is 0 Å². The van der Waals surface area contributed by atoms with Crippen LogP contribution in [-0.4, -0.2) is 16.7 Å². The van der Waals surface area contributed by atoms with E-state index in [9.17, 15) is 9.59 Å². The third-order valence-electron chi connectivity index (χ3n) is 3.65. The standard InChI is InChI=1S/C18H15ClN2O2/c1-11(22)20-10-15-14-8-7-13(19)9-16(14)21-17(15)18(23)12-5-3-2-4-6-12/h2-9,21H,10H2,1H3,(H,20,22). The predicted molar refractivity (Wildman–Crippen MR) is 90.7 cm³/mol. The molecule has 116 valence electrons. The molecule has 0 unspecified atom stereocenters. The minimum Gasteiger partial charge on any atom is -0.352 e. The van der Waals surface area contributed by atoms with Gasteiger partial charge in [0.1, 0.15) is 0 Å². The van der Waals surface area contributed by atoms with E-state index in [1.165, 1.54) is 6.92 Å². The number of amides is 1. The molecule has 0 radical (unpaired) electrons. The molecule has 1 amide bonds. The molecular weight excluding hydrogens is 312 g/mol. The van der Waals surface area contributed by atoms with Gasteiger partial charge >= 0.3 is 0 Å². The number of nitrogens with one attached hydrogen (secondary N) is 2. The van der Waals surface area contributed by atoms with Crippen molar-refractivity contribution in [3.8, 4) is 0 Å². The van der Waals surface area contributed by atoms with Gasteiger partial charge in [0.15, 0.2) is 0 Å². The van der Waals surface area contributed by atoms with E-state index < -0.39 is 0 Å². The summed E-state index contributed by atoms with van der Waals surface area (Å²) in [5, 5.41) is 4.22. The molecule has 0 spiro atoms. The third-order valence-corrected chi connectivity index (χ3v) is 3.88. The van der Waals surface area contributed by atoms with Gasteiger partial charge in [-0.2, -0.15) is 0 Å². The van der Waals surface area contributed by atoms with Crippen molar-refractivity contribution in [2.45, 2.75) is 13.5 Å².